The molecule has 2 rings (SSSR count). The Kier molecular flexibility index (Phi) is 4.19. The molecule has 0 amide bonds. The van der Waals surface area contributed by atoms with Crippen molar-refractivity contribution in [2.75, 3.05) is 19.0 Å². The molecule has 6 heteroatoms. The highest BCUT2D eigenvalue weighted by molar-refractivity contribution is 7.17. The van der Waals surface area contributed by atoms with Crippen LogP contribution in [0.25, 0.3) is 0 Å². The Morgan fingerprint density at radius 3 is 2.74 bits per heavy atom. The number of rotatable bonds is 6. The van der Waals surface area contributed by atoms with Gasteiger partial charge in [0.05, 0.1) is 7.11 Å². The maximum Gasteiger partial charge on any atom is 0.358 e. The normalized spacial score (nSPS) is 15.9. The molecule has 0 bridgehead atoms. The summed E-state index contributed by atoms with van der Waals surface area (Å²) in [6.45, 7) is 4.44. The van der Waals surface area contributed by atoms with E-state index in [1.165, 1.54) is 38.2 Å². The van der Waals surface area contributed by atoms with E-state index in [9.17, 15) is 9.59 Å². The zero-order valence-electron chi connectivity index (χ0n) is 11.4. The van der Waals surface area contributed by atoms with Gasteiger partial charge in [-0.1, -0.05) is 18.3 Å². The number of carbonyl (C=O) groups excluding carboxylic acids is 2. The number of anilines is 1. The van der Waals surface area contributed by atoms with Gasteiger partial charge in [-0.15, -0.1) is 0 Å². The first-order chi connectivity index (χ1) is 9.02. The van der Waals surface area contributed by atoms with Gasteiger partial charge in [0.15, 0.2) is 16.6 Å². The van der Waals surface area contributed by atoms with Gasteiger partial charge in [0.2, 0.25) is 0 Å². The largest absolute Gasteiger partial charge is 0.464 e. The molecule has 1 N–H and O–H groups in total. The van der Waals surface area contributed by atoms with Gasteiger partial charge in [-0.05, 0) is 24.7 Å². The number of Topliss-reactive ketones (excluding diaryl/α,β-unsaturated/α-hetero) is 1. The van der Waals surface area contributed by atoms with Crippen LogP contribution in [0, 0.1) is 11.8 Å². The molecular weight excluding hydrogens is 264 g/mol. The number of aromatic nitrogens is 1. The molecule has 0 radical (unpaired) electrons. The highest BCUT2D eigenvalue weighted by atomic mass is 32.1. The van der Waals surface area contributed by atoms with Gasteiger partial charge in [-0.3, -0.25) is 4.79 Å². The average Bonchev–Trinajstić information content (AvgIpc) is 3.14. The third-order valence-corrected chi connectivity index (χ3v) is 4.44. The van der Waals surface area contributed by atoms with E-state index in [1.54, 1.807) is 0 Å². The molecule has 0 spiro atoms. The molecular formula is C13H18N2O3S. The van der Waals surface area contributed by atoms with Gasteiger partial charge < -0.3 is 10.1 Å². The summed E-state index contributed by atoms with van der Waals surface area (Å²) in [5.74, 6) is 0.664. The number of hydrogen-bond donors (Lipinski definition) is 1. The van der Waals surface area contributed by atoms with E-state index in [4.69, 9.17) is 0 Å². The zero-order chi connectivity index (χ0) is 14.0. The van der Waals surface area contributed by atoms with E-state index in [-0.39, 0.29) is 11.5 Å². The highest BCUT2D eigenvalue weighted by Gasteiger charge is 2.28. The van der Waals surface area contributed by atoms with Crippen molar-refractivity contribution in [3.63, 3.8) is 0 Å². The number of methoxy groups -OCH3 is 1. The summed E-state index contributed by atoms with van der Waals surface area (Å²) in [6.07, 6.45) is 2.60. The minimum Gasteiger partial charge on any atom is -0.464 e. The van der Waals surface area contributed by atoms with Crippen LogP contribution in [0.5, 0.6) is 0 Å². The third kappa shape index (κ3) is 3.32. The standard InChI is InChI=1S/C13H18N2O3S/c1-7(9-4-5-9)6-14-13-15-10(12(17)18-3)11(19-13)8(2)16/h7,9H,4-6H2,1-3H3,(H,14,15). The molecule has 1 saturated carbocycles. The Balaban J connectivity index is 2.08. The van der Waals surface area contributed by atoms with Crippen LogP contribution < -0.4 is 5.32 Å². The molecule has 1 aromatic heterocycles. The highest BCUT2D eigenvalue weighted by Crippen LogP contribution is 2.36. The molecule has 0 aliphatic heterocycles. The van der Waals surface area contributed by atoms with Gasteiger partial charge in [-0.25, -0.2) is 9.78 Å². The summed E-state index contributed by atoms with van der Waals surface area (Å²) in [4.78, 5) is 27.6. The average molecular weight is 282 g/mol. The number of nitrogens with one attached hydrogen (secondary N) is 1. The predicted octanol–water partition coefficient (Wildman–Crippen LogP) is 2.59. The van der Waals surface area contributed by atoms with Crippen molar-refractivity contribution in [1.82, 2.24) is 4.98 Å². The van der Waals surface area contributed by atoms with Crippen LogP contribution in [-0.2, 0) is 4.74 Å². The van der Waals surface area contributed by atoms with Crippen LogP contribution in [0.1, 0.15) is 46.8 Å². The van der Waals surface area contributed by atoms with E-state index in [1.807, 2.05) is 0 Å². The minimum absolute atomic E-state index is 0.113. The van der Waals surface area contributed by atoms with Gasteiger partial charge in [0, 0.05) is 13.5 Å². The van der Waals surface area contributed by atoms with Crippen molar-refractivity contribution >= 4 is 28.2 Å². The number of nitrogens with zero attached hydrogens (tertiary/aromatic N) is 1. The van der Waals surface area contributed by atoms with Crippen molar-refractivity contribution in [3.05, 3.63) is 10.6 Å². The maximum absolute atomic E-state index is 11.6. The predicted molar refractivity (Wildman–Crippen MR) is 73.8 cm³/mol. The smallest absolute Gasteiger partial charge is 0.358 e. The number of thiazole rings is 1. The molecule has 1 fully saturated rings. The van der Waals surface area contributed by atoms with Gasteiger partial charge in [0.25, 0.3) is 0 Å². The molecule has 0 saturated heterocycles. The fraction of sp³-hybridized carbons (Fsp3) is 0.615. The van der Waals surface area contributed by atoms with E-state index < -0.39 is 5.97 Å². The fourth-order valence-electron chi connectivity index (χ4n) is 1.95. The SMILES string of the molecule is COC(=O)c1nc(NCC(C)C2CC2)sc1C(C)=O. The van der Waals surface area contributed by atoms with Crippen molar-refractivity contribution in [3.8, 4) is 0 Å². The topological polar surface area (TPSA) is 68.3 Å². The first kappa shape index (κ1) is 14.0. The van der Waals surface area contributed by atoms with Crippen molar-refractivity contribution in [1.29, 1.82) is 0 Å². The first-order valence-electron chi connectivity index (χ1n) is 6.37. The summed E-state index contributed by atoms with van der Waals surface area (Å²) in [6, 6.07) is 0. The first-order valence-corrected chi connectivity index (χ1v) is 7.18. The number of hydrogen-bond acceptors (Lipinski definition) is 6. The molecule has 104 valence electrons. The maximum atomic E-state index is 11.6. The summed E-state index contributed by atoms with van der Waals surface area (Å²) in [5.41, 5.74) is 0.113. The summed E-state index contributed by atoms with van der Waals surface area (Å²) in [7, 11) is 1.29. The fourth-order valence-corrected chi connectivity index (χ4v) is 2.80. The van der Waals surface area contributed by atoms with Gasteiger partial charge >= 0.3 is 5.97 Å². The van der Waals surface area contributed by atoms with Crippen LogP contribution >= 0.6 is 11.3 Å². The van der Waals surface area contributed by atoms with Crippen molar-refractivity contribution < 1.29 is 14.3 Å². The summed E-state index contributed by atoms with van der Waals surface area (Å²) in [5, 5.41) is 3.82. The van der Waals surface area contributed by atoms with E-state index in [2.05, 4.69) is 22.0 Å². The van der Waals surface area contributed by atoms with Crippen LogP contribution in [0.3, 0.4) is 0 Å². The Bertz CT molecular complexity index is 494. The Morgan fingerprint density at radius 1 is 1.53 bits per heavy atom. The second-order valence-corrected chi connectivity index (χ2v) is 5.94. The third-order valence-electron chi connectivity index (χ3n) is 3.33. The molecule has 19 heavy (non-hydrogen) atoms. The minimum atomic E-state index is -0.565. The molecule has 1 atom stereocenters. The molecule has 5 nitrogen and oxygen atoms in total. The van der Waals surface area contributed by atoms with Crippen LogP contribution in [0.4, 0.5) is 5.13 Å². The van der Waals surface area contributed by atoms with Gasteiger partial charge in [0.1, 0.15) is 4.88 Å². The van der Waals surface area contributed by atoms with Gasteiger partial charge in [-0.2, -0.15) is 0 Å². The van der Waals surface area contributed by atoms with E-state index >= 15 is 0 Å². The summed E-state index contributed by atoms with van der Waals surface area (Å²) >= 11 is 1.21. The van der Waals surface area contributed by atoms with Crippen LogP contribution in [-0.4, -0.2) is 30.4 Å². The summed E-state index contributed by atoms with van der Waals surface area (Å²) < 4.78 is 4.64. The number of ketones is 1. The molecule has 1 aromatic rings. The monoisotopic (exact) mass is 282 g/mol. The Labute approximate surface area is 116 Å². The number of esters is 1. The second-order valence-electron chi connectivity index (χ2n) is 4.94. The molecule has 1 heterocycles. The van der Waals surface area contributed by atoms with Crippen LogP contribution in [0.15, 0.2) is 0 Å². The lowest BCUT2D eigenvalue weighted by Crippen LogP contribution is -2.13. The van der Waals surface area contributed by atoms with Crippen LogP contribution in [0.2, 0.25) is 0 Å². The van der Waals surface area contributed by atoms with Crippen molar-refractivity contribution in [2.45, 2.75) is 26.7 Å². The molecule has 1 unspecified atom stereocenters. The Hall–Kier alpha value is -1.43. The lowest BCUT2D eigenvalue weighted by Gasteiger charge is -2.09. The lowest BCUT2D eigenvalue weighted by molar-refractivity contribution is 0.0591. The molecule has 0 aromatic carbocycles. The van der Waals surface area contributed by atoms with Crippen molar-refractivity contribution in [2.24, 2.45) is 11.8 Å². The number of carbonyl (C=O) groups is 2. The zero-order valence-corrected chi connectivity index (χ0v) is 12.2. The lowest BCUT2D eigenvalue weighted by atomic mass is 10.1. The Morgan fingerprint density at radius 2 is 2.21 bits per heavy atom. The second kappa shape index (κ2) is 5.69. The molecule has 1 aliphatic rings. The molecule has 1 aliphatic carbocycles. The quantitative estimate of drug-likeness (QED) is 0.641. The van der Waals surface area contributed by atoms with E-state index in [0.717, 1.165) is 12.5 Å². The number of ether oxygens (including phenoxy) is 1. The van der Waals surface area contributed by atoms with E-state index in [0.29, 0.717) is 15.9 Å².